The number of hydrogen-bond acceptors (Lipinski definition) is 4. The molecule has 0 radical (unpaired) electrons. The van der Waals surface area contributed by atoms with Crippen molar-refractivity contribution < 1.29 is 19.2 Å². The summed E-state index contributed by atoms with van der Waals surface area (Å²) >= 11 is 0. The maximum Gasteiger partial charge on any atom is 0.422 e. The Morgan fingerprint density at radius 3 is 2.47 bits per heavy atom. The first-order chi connectivity index (χ1) is 8.10. The largest absolute Gasteiger partial charge is 0.457 e. The summed E-state index contributed by atoms with van der Waals surface area (Å²) in [4.78, 5) is 24.0. The fourth-order valence-electron chi connectivity index (χ4n) is 1.16. The molecule has 0 amide bonds. The number of non-ortho nitro benzene ring substituents is 1. The molecule has 1 aromatic rings. The highest BCUT2D eigenvalue weighted by atomic mass is 16.6. The van der Waals surface area contributed by atoms with Crippen molar-refractivity contribution in [3.05, 3.63) is 45.5 Å². The molecule has 0 saturated heterocycles. The van der Waals surface area contributed by atoms with Gasteiger partial charge in [-0.2, -0.15) is 4.79 Å². The van der Waals surface area contributed by atoms with Gasteiger partial charge in [-0.05, 0) is 19.1 Å². The molecule has 0 aliphatic rings. The summed E-state index contributed by atoms with van der Waals surface area (Å²) in [6.07, 6.45) is 0. The minimum atomic E-state index is -0.788. The minimum Gasteiger partial charge on any atom is -0.457 e. The zero-order valence-corrected chi connectivity index (χ0v) is 8.99. The lowest BCUT2D eigenvalue weighted by molar-refractivity contribution is -0.384. The average Bonchev–Trinajstić information content (AvgIpc) is 2.31. The van der Waals surface area contributed by atoms with Crippen LogP contribution in [0.5, 0.6) is 0 Å². The number of esters is 1. The van der Waals surface area contributed by atoms with Crippen LogP contribution in [-0.4, -0.2) is 28.0 Å². The van der Waals surface area contributed by atoms with Crippen LogP contribution < -0.4 is 0 Å². The lowest BCUT2D eigenvalue weighted by Gasteiger charge is -1.97. The quantitative estimate of drug-likeness (QED) is 0.195. The van der Waals surface area contributed by atoms with E-state index in [0.29, 0.717) is 0 Å². The molecule has 7 heteroatoms. The molecule has 0 saturated carbocycles. The Hall–Kier alpha value is -2.53. The lowest BCUT2D eigenvalue weighted by atomic mass is 10.1. The third-order valence-electron chi connectivity index (χ3n) is 1.92. The summed E-state index contributed by atoms with van der Waals surface area (Å²) in [5.74, 6) is -0.788. The van der Waals surface area contributed by atoms with Crippen LogP contribution in [-0.2, 0) is 9.53 Å². The van der Waals surface area contributed by atoms with Gasteiger partial charge in [-0.1, -0.05) is 0 Å². The normalized spacial score (nSPS) is 9.24. The molecule has 0 heterocycles. The summed E-state index contributed by atoms with van der Waals surface area (Å²) in [5, 5.41) is 10.4. The molecule has 88 valence electrons. The molecule has 0 atom stereocenters. The van der Waals surface area contributed by atoms with Gasteiger partial charge >= 0.3 is 11.7 Å². The van der Waals surface area contributed by atoms with E-state index in [1.165, 1.54) is 24.3 Å². The van der Waals surface area contributed by atoms with Crippen molar-refractivity contribution in [2.75, 3.05) is 6.61 Å². The number of benzene rings is 1. The smallest absolute Gasteiger partial charge is 0.422 e. The molecule has 1 aromatic carbocycles. The summed E-state index contributed by atoms with van der Waals surface area (Å²) in [5.41, 5.74) is 8.55. The van der Waals surface area contributed by atoms with Gasteiger partial charge in [-0.15, -0.1) is 0 Å². The molecular formula is C10H9N3O4. The van der Waals surface area contributed by atoms with Crippen LogP contribution in [0.15, 0.2) is 24.3 Å². The molecule has 0 N–H and O–H groups in total. The van der Waals surface area contributed by atoms with Crippen molar-refractivity contribution in [3.63, 3.8) is 0 Å². The first kappa shape index (κ1) is 12.5. The van der Waals surface area contributed by atoms with Crippen molar-refractivity contribution in [2.24, 2.45) is 0 Å². The number of hydrogen-bond donors (Lipinski definition) is 0. The molecule has 0 spiro atoms. The van der Waals surface area contributed by atoms with Crippen molar-refractivity contribution in [1.82, 2.24) is 0 Å². The van der Waals surface area contributed by atoms with Gasteiger partial charge in [-0.3, -0.25) is 10.1 Å². The monoisotopic (exact) mass is 235 g/mol. The van der Waals surface area contributed by atoms with Gasteiger partial charge in [0, 0.05) is 12.1 Å². The second-order valence-electron chi connectivity index (χ2n) is 2.97. The highest BCUT2D eigenvalue weighted by molar-refractivity contribution is 6.40. The van der Waals surface area contributed by atoms with Crippen molar-refractivity contribution in [1.29, 1.82) is 0 Å². The number of carbonyl (C=O) groups excluding carboxylic acids is 1. The first-order valence-corrected chi connectivity index (χ1v) is 4.74. The van der Waals surface area contributed by atoms with Gasteiger partial charge in [-0.25, -0.2) is 4.79 Å². The van der Waals surface area contributed by atoms with E-state index in [4.69, 9.17) is 5.53 Å². The Labute approximate surface area is 96.4 Å². The summed E-state index contributed by atoms with van der Waals surface area (Å²) in [6.45, 7) is 1.76. The molecule has 0 aromatic heterocycles. The molecular weight excluding hydrogens is 226 g/mol. The Morgan fingerprint density at radius 1 is 1.47 bits per heavy atom. The fourth-order valence-corrected chi connectivity index (χ4v) is 1.16. The van der Waals surface area contributed by atoms with Gasteiger partial charge in [0.1, 0.15) is 0 Å². The van der Waals surface area contributed by atoms with Crippen LogP contribution >= 0.6 is 0 Å². The maximum atomic E-state index is 11.3. The second-order valence-corrected chi connectivity index (χ2v) is 2.97. The number of nitro benzene ring substituents is 1. The number of carbonyl (C=O) groups is 1. The highest BCUT2D eigenvalue weighted by Gasteiger charge is 2.24. The van der Waals surface area contributed by atoms with Crippen LogP contribution in [0, 0.1) is 10.1 Å². The molecule has 0 aliphatic heterocycles. The van der Waals surface area contributed by atoms with Gasteiger partial charge in [0.25, 0.3) is 5.69 Å². The predicted molar refractivity (Wildman–Crippen MR) is 57.5 cm³/mol. The Bertz CT molecular complexity index is 489. The van der Waals surface area contributed by atoms with Crippen LogP contribution in [0.1, 0.15) is 12.5 Å². The molecule has 17 heavy (non-hydrogen) atoms. The van der Waals surface area contributed by atoms with Gasteiger partial charge < -0.3 is 10.3 Å². The van der Waals surface area contributed by atoms with Crippen LogP contribution in [0.2, 0.25) is 0 Å². The van der Waals surface area contributed by atoms with Crippen molar-refractivity contribution >= 4 is 17.4 Å². The molecule has 0 fully saturated rings. The Morgan fingerprint density at radius 2 is 2.06 bits per heavy atom. The molecule has 1 rings (SSSR count). The molecule has 7 nitrogen and oxygen atoms in total. The topological polar surface area (TPSA) is 106 Å². The number of rotatable bonds is 4. The van der Waals surface area contributed by atoms with E-state index in [-0.39, 0.29) is 23.6 Å². The molecule has 0 unspecified atom stereocenters. The zero-order valence-electron chi connectivity index (χ0n) is 8.99. The number of ether oxygens (including phenoxy) is 1. The van der Waals surface area contributed by atoms with E-state index >= 15 is 0 Å². The van der Waals surface area contributed by atoms with Gasteiger partial charge in [0.2, 0.25) is 0 Å². The van der Waals surface area contributed by atoms with E-state index in [1.54, 1.807) is 6.92 Å². The van der Waals surface area contributed by atoms with Crippen molar-refractivity contribution in [2.45, 2.75) is 6.92 Å². The lowest BCUT2D eigenvalue weighted by Crippen LogP contribution is -2.19. The standard InChI is InChI=1S/C10H9N3O4/c1-2-17-10(14)9(12-11)7-3-5-8(6-4-7)13(15)16/h3-6H,2H2,1H3. The SMILES string of the molecule is CCOC(=O)C(=[N+]=[N-])c1ccc([N+](=O)[O-])cc1. The zero-order chi connectivity index (χ0) is 12.8. The number of nitro groups is 1. The van der Waals surface area contributed by atoms with Crippen LogP contribution in [0.25, 0.3) is 5.53 Å². The van der Waals surface area contributed by atoms with Crippen LogP contribution in [0.4, 0.5) is 5.69 Å². The number of nitrogens with zero attached hydrogens (tertiary/aromatic N) is 3. The second kappa shape index (κ2) is 5.53. The fraction of sp³-hybridized carbons (Fsp3) is 0.200. The Kier molecular flexibility index (Phi) is 4.08. The maximum absolute atomic E-state index is 11.3. The summed E-state index contributed by atoms with van der Waals surface area (Å²) in [7, 11) is 0. The molecule has 0 aliphatic carbocycles. The third kappa shape index (κ3) is 2.96. The summed E-state index contributed by atoms with van der Waals surface area (Å²) in [6, 6.07) is 5.04. The van der Waals surface area contributed by atoms with E-state index in [1.807, 2.05) is 0 Å². The highest BCUT2D eigenvalue weighted by Crippen LogP contribution is 2.12. The predicted octanol–water partition coefficient (Wildman–Crippen LogP) is 1.18. The Balaban J connectivity index is 3.03. The summed E-state index contributed by atoms with van der Waals surface area (Å²) < 4.78 is 4.66. The first-order valence-electron chi connectivity index (χ1n) is 4.74. The van der Waals surface area contributed by atoms with E-state index in [2.05, 4.69) is 9.53 Å². The van der Waals surface area contributed by atoms with Gasteiger partial charge in [0.05, 0.1) is 17.1 Å². The average molecular weight is 235 g/mol. The van der Waals surface area contributed by atoms with E-state index in [0.717, 1.165) is 0 Å². The minimum absolute atomic E-state index is 0.116. The van der Waals surface area contributed by atoms with E-state index < -0.39 is 10.9 Å². The van der Waals surface area contributed by atoms with Gasteiger partial charge in [0.15, 0.2) is 0 Å². The van der Waals surface area contributed by atoms with E-state index in [9.17, 15) is 14.9 Å². The van der Waals surface area contributed by atoms with Crippen LogP contribution in [0.3, 0.4) is 0 Å². The van der Waals surface area contributed by atoms with Crippen molar-refractivity contribution in [3.8, 4) is 0 Å². The molecule has 0 bridgehead atoms. The third-order valence-corrected chi connectivity index (χ3v) is 1.92.